The van der Waals surface area contributed by atoms with Crippen LogP contribution in [0.25, 0.3) is 0 Å². The number of rotatable bonds is 6. The highest BCUT2D eigenvalue weighted by atomic mass is 32.2. The summed E-state index contributed by atoms with van der Waals surface area (Å²) >= 11 is 1.83. The lowest BCUT2D eigenvalue weighted by Gasteiger charge is -2.30. The number of nitrogens with zero attached hydrogens (tertiary/aromatic N) is 2. The summed E-state index contributed by atoms with van der Waals surface area (Å²) in [7, 11) is 5.54. The van der Waals surface area contributed by atoms with E-state index in [0.29, 0.717) is 17.3 Å². The molecule has 0 aliphatic rings. The number of benzene rings is 1. The normalized spacial score (nSPS) is 12.1. The van der Waals surface area contributed by atoms with Gasteiger partial charge in [0, 0.05) is 38.5 Å². The molecule has 5 heteroatoms. The van der Waals surface area contributed by atoms with Gasteiger partial charge in [-0.2, -0.15) is 11.8 Å². The second-order valence-electron chi connectivity index (χ2n) is 5.10. The van der Waals surface area contributed by atoms with Gasteiger partial charge in [0.1, 0.15) is 0 Å². The van der Waals surface area contributed by atoms with Crippen LogP contribution in [0.5, 0.6) is 0 Å². The summed E-state index contributed by atoms with van der Waals surface area (Å²) < 4.78 is 0. The van der Waals surface area contributed by atoms with Gasteiger partial charge in [0.2, 0.25) is 0 Å². The number of anilines is 2. The molecule has 0 spiro atoms. The molecule has 0 bridgehead atoms. The maximum absolute atomic E-state index is 11.9. The minimum Gasteiger partial charge on any atom is -0.397 e. The van der Waals surface area contributed by atoms with Crippen LogP contribution in [0.1, 0.15) is 23.7 Å². The molecule has 4 nitrogen and oxygen atoms in total. The Morgan fingerprint density at radius 2 is 2.00 bits per heavy atom. The third-order valence-electron chi connectivity index (χ3n) is 3.44. The summed E-state index contributed by atoms with van der Waals surface area (Å²) in [5.74, 6) is 1.03. The maximum atomic E-state index is 11.9. The van der Waals surface area contributed by atoms with Crippen LogP contribution in [-0.2, 0) is 0 Å². The largest absolute Gasteiger partial charge is 0.397 e. The van der Waals surface area contributed by atoms with Crippen LogP contribution in [0.2, 0.25) is 0 Å². The number of carbonyl (C=O) groups excluding carboxylic acids is 1. The molecule has 0 fully saturated rings. The first-order valence-corrected chi connectivity index (χ1v) is 8.14. The molecule has 20 heavy (non-hydrogen) atoms. The van der Waals surface area contributed by atoms with Gasteiger partial charge in [-0.1, -0.05) is 6.92 Å². The highest BCUT2D eigenvalue weighted by Gasteiger charge is 2.16. The molecule has 1 rings (SSSR count). The molecule has 112 valence electrons. The molecule has 0 heterocycles. The van der Waals surface area contributed by atoms with E-state index in [9.17, 15) is 4.79 Å². The second kappa shape index (κ2) is 7.43. The molecule has 0 saturated heterocycles. The third kappa shape index (κ3) is 3.82. The van der Waals surface area contributed by atoms with Crippen molar-refractivity contribution in [3.05, 3.63) is 23.8 Å². The van der Waals surface area contributed by atoms with Crippen LogP contribution in [0, 0.1) is 0 Å². The van der Waals surface area contributed by atoms with Gasteiger partial charge in [0.15, 0.2) is 0 Å². The third-order valence-corrected chi connectivity index (χ3v) is 4.16. The summed E-state index contributed by atoms with van der Waals surface area (Å²) in [6.07, 6.45) is 3.17. The van der Waals surface area contributed by atoms with Crippen LogP contribution in [-0.4, -0.2) is 50.0 Å². The first kappa shape index (κ1) is 16.7. The average Bonchev–Trinajstić information content (AvgIpc) is 2.42. The van der Waals surface area contributed by atoms with Crippen molar-refractivity contribution in [2.75, 3.05) is 43.8 Å². The number of nitrogens with two attached hydrogens (primary N) is 1. The molecule has 1 amide bonds. The lowest BCUT2D eigenvalue weighted by molar-refractivity contribution is 0.0827. The van der Waals surface area contributed by atoms with E-state index in [2.05, 4.69) is 25.1 Å². The van der Waals surface area contributed by atoms with Crippen LogP contribution in [0.15, 0.2) is 18.2 Å². The fourth-order valence-electron chi connectivity index (χ4n) is 2.16. The van der Waals surface area contributed by atoms with Crippen LogP contribution in [0.3, 0.4) is 0 Å². The molecule has 0 aliphatic heterocycles. The van der Waals surface area contributed by atoms with E-state index in [-0.39, 0.29) is 5.91 Å². The van der Waals surface area contributed by atoms with Crippen molar-refractivity contribution >= 4 is 29.0 Å². The van der Waals surface area contributed by atoms with Crippen LogP contribution < -0.4 is 10.6 Å². The van der Waals surface area contributed by atoms with Gasteiger partial charge < -0.3 is 15.5 Å². The van der Waals surface area contributed by atoms with E-state index >= 15 is 0 Å². The quantitative estimate of drug-likeness (QED) is 0.819. The Bertz CT molecular complexity index is 462. The van der Waals surface area contributed by atoms with Crippen LogP contribution >= 0.6 is 11.8 Å². The number of hydrogen-bond acceptors (Lipinski definition) is 4. The van der Waals surface area contributed by atoms with E-state index in [4.69, 9.17) is 5.73 Å². The standard InChI is InChI=1S/C15H25N3OS/c1-6-12(10-20-5)18(4)14-8-7-11(9-13(14)16)15(19)17(2)3/h7-9,12H,6,10,16H2,1-5H3. The topological polar surface area (TPSA) is 49.6 Å². The molecule has 0 aliphatic carbocycles. The summed E-state index contributed by atoms with van der Waals surface area (Å²) in [6.45, 7) is 2.18. The van der Waals surface area contributed by atoms with Gasteiger partial charge in [-0.15, -0.1) is 0 Å². The van der Waals surface area contributed by atoms with Crippen molar-refractivity contribution in [2.45, 2.75) is 19.4 Å². The van der Waals surface area contributed by atoms with Gasteiger partial charge in [-0.25, -0.2) is 0 Å². The zero-order valence-electron chi connectivity index (χ0n) is 13.0. The average molecular weight is 295 g/mol. The van der Waals surface area contributed by atoms with Gasteiger partial charge >= 0.3 is 0 Å². The Hall–Kier alpha value is -1.36. The van der Waals surface area contributed by atoms with Gasteiger partial charge in [-0.05, 0) is 30.9 Å². The number of amides is 1. The zero-order chi connectivity index (χ0) is 15.3. The minimum atomic E-state index is -0.0259. The predicted molar refractivity (Wildman–Crippen MR) is 89.7 cm³/mol. The van der Waals surface area contributed by atoms with Crippen molar-refractivity contribution in [1.29, 1.82) is 0 Å². The number of hydrogen-bond donors (Lipinski definition) is 1. The van der Waals surface area contributed by atoms with Crippen molar-refractivity contribution in [3.63, 3.8) is 0 Å². The number of carbonyl (C=O) groups is 1. The first-order chi connectivity index (χ1) is 9.42. The smallest absolute Gasteiger partial charge is 0.253 e. The predicted octanol–water partition coefficient (Wildman–Crippen LogP) is 2.55. The molecule has 1 aromatic carbocycles. The molecular formula is C15H25N3OS. The van der Waals surface area contributed by atoms with Crippen molar-refractivity contribution in [2.24, 2.45) is 0 Å². The Kier molecular flexibility index (Phi) is 6.20. The van der Waals surface area contributed by atoms with Crippen LogP contribution in [0.4, 0.5) is 11.4 Å². The zero-order valence-corrected chi connectivity index (χ0v) is 13.8. The van der Waals surface area contributed by atoms with Gasteiger partial charge in [0.25, 0.3) is 5.91 Å². The first-order valence-electron chi connectivity index (χ1n) is 6.75. The molecule has 0 aromatic heterocycles. The van der Waals surface area contributed by atoms with Crippen molar-refractivity contribution in [1.82, 2.24) is 4.90 Å². The maximum Gasteiger partial charge on any atom is 0.253 e. The number of thioether (sulfide) groups is 1. The summed E-state index contributed by atoms with van der Waals surface area (Å²) in [4.78, 5) is 15.7. The van der Waals surface area contributed by atoms with Gasteiger partial charge in [0.05, 0.1) is 11.4 Å². The molecule has 1 unspecified atom stereocenters. The fraction of sp³-hybridized carbons (Fsp3) is 0.533. The number of nitrogen functional groups attached to an aromatic ring is 1. The Labute approximate surface area is 126 Å². The minimum absolute atomic E-state index is 0.0259. The lowest BCUT2D eigenvalue weighted by Crippen LogP contribution is -2.33. The monoisotopic (exact) mass is 295 g/mol. The van der Waals surface area contributed by atoms with Gasteiger partial charge in [-0.3, -0.25) is 4.79 Å². The van der Waals surface area contributed by atoms with E-state index < -0.39 is 0 Å². The Morgan fingerprint density at radius 3 is 2.45 bits per heavy atom. The summed E-state index contributed by atoms with van der Waals surface area (Å²) in [5.41, 5.74) is 8.40. The molecule has 2 N–H and O–H groups in total. The molecule has 1 aromatic rings. The Morgan fingerprint density at radius 1 is 1.35 bits per heavy atom. The van der Waals surface area contributed by atoms with Crippen molar-refractivity contribution in [3.8, 4) is 0 Å². The van der Waals surface area contributed by atoms with E-state index in [1.54, 1.807) is 25.1 Å². The van der Waals surface area contributed by atoms with Crippen molar-refractivity contribution < 1.29 is 4.79 Å². The van der Waals surface area contributed by atoms with E-state index in [0.717, 1.165) is 17.9 Å². The molecule has 1 atom stereocenters. The lowest BCUT2D eigenvalue weighted by atomic mass is 10.1. The Balaban J connectivity index is 3.00. The second-order valence-corrected chi connectivity index (χ2v) is 6.01. The summed E-state index contributed by atoms with van der Waals surface area (Å²) in [5, 5.41) is 0. The summed E-state index contributed by atoms with van der Waals surface area (Å²) in [6, 6.07) is 5.99. The van der Waals surface area contributed by atoms with E-state index in [1.165, 1.54) is 0 Å². The SMILES string of the molecule is CCC(CSC)N(C)c1ccc(C(=O)N(C)C)cc1N. The molecular weight excluding hydrogens is 270 g/mol. The highest BCUT2D eigenvalue weighted by molar-refractivity contribution is 7.98. The van der Waals surface area contributed by atoms with E-state index in [1.807, 2.05) is 23.9 Å². The molecule has 0 radical (unpaired) electrons. The fourth-order valence-corrected chi connectivity index (χ4v) is 3.00. The molecule has 0 saturated carbocycles. The highest BCUT2D eigenvalue weighted by Crippen LogP contribution is 2.27.